The lowest BCUT2D eigenvalue weighted by Crippen LogP contribution is -2.12. The van der Waals surface area contributed by atoms with Crippen LogP contribution in [-0.4, -0.2) is 24.9 Å². The summed E-state index contributed by atoms with van der Waals surface area (Å²) < 4.78 is 5.78. The first-order chi connectivity index (χ1) is 12.1. The number of benzene rings is 1. The second-order valence-corrected chi connectivity index (χ2v) is 6.43. The standard InChI is InChI=1S/C18H15N5OS/c1-11-7-12(2)23-17(21-11)16(9-19-23)18(24)22-15-5-3-13(4-6-15)14-8-20-25-10-14/h3-10H,1-2H3,(H,22,24). The Labute approximate surface area is 148 Å². The number of nitrogens with zero attached hydrogens (tertiary/aromatic N) is 4. The van der Waals surface area contributed by atoms with E-state index in [4.69, 9.17) is 0 Å². The molecule has 3 aromatic heterocycles. The number of carbonyl (C=O) groups excluding carboxylic acids is 1. The van der Waals surface area contributed by atoms with Crippen molar-refractivity contribution in [2.24, 2.45) is 0 Å². The molecular weight excluding hydrogens is 334 g/mol. The highest BCUT2D eigenvalue weighted by molar-refractivity contribution is 7.03. The van der Waals surface area contributed by atoms with Gasteiger partial charge in [-0.3, -0.25) is 4.79 Å². The fourth-order valence-electron chi connectivity index (χ4n) is 2.72. The zero-order valence-electron chi connectivity index (χ0n) is 13.7. The minimum absolute atomic E-state index is 0.225. The molecule has 0 unspecified atom stereocenters. The predicted octanol–water partition coefficient (Wildman–Crippen LogP) is 3.72. The zero-order valence-corrected chi connectivity index (χ0v) is 14.5. The molecule has 0 bridgehead atoms. The van der Waals surface area contributed by atoms with Gasteiger partial charge in [-0.05, 0) is 49.1 Å². The summed E-state index contributed by atoms with van der Waals surface area (Å²) in [7, 11) is 0. The fraction of sp³-hybridized carbons (Fsp3) is 0.111. The van der Waals surface area contributed by atoms with Gasteiger partial charge in [0.25, 0.3) is 5.91 Å². The Bertz CT molecular complexity index is 1050. The third-order valence-electron chi connectivity index (χ3n) is 3.93. The van der Waals surface area contributed by atoms with Crippen LogP contribution >= 0.6 is 11.5 Å². The quantitative estimate of drug-likeness (QED) is 0.612. The summed E-state index contributed by atoms with van der Waals surface area (Å²) in [5.74, 6) is -0.225. The van der Waals surface area contributed by atoms with Crippen LogP contribution in [0.5, 0.6) is 0 Å². The molecule has 1 amide bonds. The maximum Gasteiger partial charge on any atom is 0.261 e. The van der Waals surface area contributed by atoms with E-state index in [2.05, 4.69) is 19.8 Å². The molecule has 25 heavy (non-hydrogen) atoms. The molecule has 3 heterocycles. The minimum Gasteiger partial charge on any atom is -0.322 e. The molecule has 0 saturated heterocycles. The number of hydrogen-bond acceptors (Lipinski definition) is 5. The summed E-state index contributed by atoms with van der Waals surface area (Å²) in [6, 6.07) is 9.60. The van der Waals surface area contributed by atoms with Crippen molar-refractivity contribution < 1.29 is 4.79 Å². The molecule has 1 aromatic carbocycles. The van der Waals surface area contributed by atoms with Crippen LogP contribution in [0, 0.1) is 13.8 Å². The van der Waals surface area contributed by atoms with E-state index < -0.39 is 0 Å². The maximum atomic E-state index is 12.6. The summed E-state index contributed by atoms with van der Waals surface area (Å²) in [6.07, 6.45) is 3.38. The summed E-state index contributed by atoms with van der Waals surface area (Å²) in [5.41, 5.74) is 5.68. The van der Waals surface area contributed by atoms with Crippen LogP contribution in [0.1, 0.15) is 21.7 Å². The van der Waals surface area contributed by atoms with E-state index in [1.165, 1.54) is 11.5 Å². The predicted molar refractivity (Wildman–Crippen MR) is 98.0 cm³/mol. The first kappa shape index (κ1) is 15.5. The van der Waals surface area contributed by atoms with Crippen LogP contribution < -0.4 is 5.32 Å². The molecular formula is C18H15N5OS. The van der Waals surface area contributed by atoms with Gasteiger partial charge in [0.1, 0.15) is 5.56 Å². The number of aromatic nitrogens is 4. The van der Waals surface area contributed by atoms with Crippen LogP contribution in [-0.2, 0) is 0 Å². The third-order valence-corrected chi connectivity index (χ3v) is 4.52. The molecule has 0 saturated carbocycles. The highest BCUT2D eigenvalue weighted by atomic mass is 32.1. The lowest BCUT2D eigenvalue weighted by molar-refractivity contribution is 0.102. The van der Waals surface area contributed by atoms with Gasteiger partial charge >= 0.3 is 0 Å². The van der Waals surface area contributed by atoms with E-state index in [9.17, 15) is 4.79 Å². The van der Waals surface area contributed by atoms with Gasteiger partial charge in [-0.1, -0.05) is 12.1 Å². The van der Waals surface area contributed by atoms with Crippen LogP contribution in [0.2, 0.25) is 0 Å². The van der Waals surface area contributed by atoms with Crippen molar-refractivity contribution in [3.8, 4) is 11.1 Å². The van der Waals surface area contributed by atoms with Gasteiger partial charge in [-0.15, -0.1) is 0 Å². The average molecular weight is 349 g/mol. The van der Waals surface area contributed by atoms with Gasteiger partial charge in [-0.25, -0.2) is 13.9 Å². The Morgan fingerprint density at radius 1 is 1.12 bits per heavy atom. The van der Waals surface area contributed by atoms with E-state index in [1.807, 2.05) is 55.8 Å². The van der Waals surface area contributed by atoms with Gasteiger partial charge < -0.3 is 5.32 Å². The van der Waals surface area contributed by atoms with E-state index in [0.29, 0.717) is 11.2 Å². The lowest BCUT2D eigenvalue weighted by Gasteiger charge is -2.06. The topological polar surface area (TPSA) is 72.2 Å². The van der Waals surface area contributed by atoms with Crippen molar-refractivity contribution in [2.75, 3.05) is 5.32 Å². The van der Waals surface area contributed by atoms with Crippen LogP contribution in [0.4, 0.5) is 5.69 Å². The Morgan fingerprint density at radius 2 is 1.92 bits per heavy atom. The van der Waals surface area contributed by atoms with Gasteiger partial charge in [0.15, 0.2) is 5.65 Å². The number of carbonyl (C=O) groups is 1. The molecule has 4 aromatic rings. The highest BCUT2D eigenvalue weighted by Crippen LogP contribution is 2.22. The highest BCUT2D eigenvalue weighted by Gasteiger charge is 2.15. The number of fused-ring (bicyclic) bond motifs is 1. The minimum atomic E-state index is -0.225. The van der Waals surface area contributed by atoms with Gasteiger partial charge in [0, 0.05) is 34.2 Å². The smallest absolute Gasteiger partial charge is 0.261 e. The number of aryl methyl sites for hydroxylation is 2. The first-order valence-electron chi connectivity index (χ1n) is 7.75. The largest absolute Gasteiger partial charge is 0.322 e. The Morgan fingerprint density at radius 3 is 2.64 bits per heavy atom. The second-order valence-electron chi connectivity index (χ2n) is 5.78. The summed E-state index contributed by atoms with van der Waals surface area (Å²) >= 11 is 1.41. The van der Waals surface area contributed by atoms with E-state index in [1.54, 1.807) is 10.7 Å². The molecule has 1 N–H and O–H groups in total. The number of rotatable bonds is 3. The number of hydrogen-bond donors (Lipinski definition) is 1. The van der Waals surface area contributed by atoms with Crippen LogP contribution in [0.15, 0.2) is 48.1 Å². The van der Waals surface area contributed by atoms with E-state index in [0.717, 1.165) is 28.2 Å². The normalized spacial score (nSPS) is 11.0. The van der Waals surface area contributed by atoms with E-state index in [-0.39, 0.29) is 5.91 Å². The average Bonchev–Trinajstić information content (AvgIpc) is 3.25. The fourth-order valence-corrected chi connectivity index (χ4v) is 3.27. The Balaban J connectivity index is 1.60. The van der Waals surface area contributed by atoms with Crippen molar-refractivity contribution in [2.45, 2.75) is 13.8 Å². The van der Waals surface area contributed by atoms with Crippen molar-refractivity contribution in [1.29, 1.82) is 0 Å². The van der Waals surface area contributed by atoms with Crippen LogP contribution in [0.25, 0.3) is 16.8 Å². The Kier molecular flexibility index (Phi) is 3.77. The van der Waals surface area contributed by atoms with Gasteiger partial charge in [-0.2, -0.15) is 5.10 Å². The molecule has 4 rings (SSSR count). The number of nitrogens with one attached hydrogen (secondary N) is 1. The molecule has 6 nitrogen and oxygen atoms in total. The van der Waals surface area contributed by atoms with Crippen molar-refractivity contribution in [3.05, 3.63) is 65.1 Å². The molecule has 0 fully saturated rings. The van der Waals surface area contributed by atoms with Crippen molar-refractivity contribution in [3.63, 3.8) is 0 Å². The molecule has 124 valence electrons. The third kappa shape index (κ3) is 2.89. The first-order valence-corrected chi connectivity index (χ1v) is 8.58. The van der Waals surface area contributed by atoms with Crippen LogP contribution in [0.3, 0.4) is 0 Å². The summed E-state index contributed by atoms with van der Waals surface area (Å²) in [6.45, 7) is 3.84. The SMILES string of the molecule is Cc1cc(C)n2ncc(C(=O)Nc3ccc(-c4cnsc4)cc3)c2n1. The van der Waals surface area contributed by atoms with Gasteiger partial charge in [0.2, 0.25) is 0 Å². The zero-order chi connectivity index (χ0) is 17.4. The van der Waals surface area contributed by atoms with E-state index >= 15 is 0 Å². The molecule has 0 atom stereocenters. The van der Waals surface area contributed by atoms with Gasteiger partial charge in [0.05, 0.1) is 6.20 Å². The van der Waals surface area contributed by atoms with Crippen molar-refractivity contribution in [1.82, 2.24) is 19.0 Å². The maximum absolute atomic E-state index is 12.6. The number of amides is 1. The molecule has 0 aliphatic rings. The second kappa shape index (κ2) is 6.10. The lowest BCUT2D eigenvalue weighted by atomic mass is 10.1. The monoisotopic (exact) mass is 349 g/mol. The summed E-state index contributed by atoms with van der Waals surface area (Å²) in [4.78, 5) is 17.1. The molecule has 0 radical (unpaired) electrons. The molecule has 7 heteroatoms. The van der Waals surface area contributed by atoms with Crippen molar-refractivity contribution >= 4 is 28.8 Å². The molecule has 0 aliphatic carbocycles. The molecule has 0 spiro atoms. The summed E-state index contributed by atoms with van der Waals surface area (Å²) in [5, 5.41) is 9.15. The molecule has 0 aliphatic heterocycles. The Hall–Kier alpha value is -3.06. The number of anilines is 1.